The van der Waals surface area contributed by atoms with Crippen LogP contribution >= 0.6 is 0 Å². The lowest BCUT2D eigenvalue weighted by Gasteiger charge is -2.32. The fourth-order valence-corrected chi connectivity index (χ4v) is 4.99. The molecular formula is C33H44O3. The summed E-state index contributed by atoms with van der Waals surface area (Å²) in [5, 5.41) is 10.2. The van der Waals surface area contributed by atoms with Gasteiger partial charge in [-0.3, -0.25) is 0 Å². The number of hydrogen-bond donors (Lipinski definition) is 1. The number of ether oxygens (including phenoxy) is 2. The van der Waals surface area contributed by atoms with Crippen molar-refractivity contribution >= 4 is 0 Å². The monoisotopic (exact) mass is 488 g/mol. The lowest BCUT2D eigenvalue weighted by atomic mass is 9.76. The van der Waals surface area contributed by atoms with E-state index in [9.17, 15) is 5.11 Å². The van der Waals surface area contributed by atoms with Crippen molar-refractivity contribution in [3.63, 3.8) is 0 Å². The summed E-state index contributed by atoms with van der Waals surface area (Å²) in [7, 11) is 0. The van der Waals surface area contributed by atoms with Gasteiger partial charge in [0, 0.05) is 5.41 Å². The molecule has 3 aromatic carbocycles. The maximum atomic E-state index is 10.2. The van der Waals surface area contributed by atoms with Gasteiger partial charge in [0.25, 0.3) is 0 Å². The number of phenolic OH excluding ortho intramolecular Hbond substituents is 1. The molecule has 0 radical (unpaired) electrons. The SMILES string of the molecule is Cc1cc(C(C)(C)Oc2c(C)cc(C(C)(C)c3cc(C)c(OC(C)C)c(C)c3)cc2C)cc(C)c1O. The zero-order valence-corrected chi connectivity index (χ0v) is 24.3. The molecule has 0 aliphatic heterocycles. The first-order chi connectivity index (χ1) is 16.5. The Hall–Kier alpha value is -2.94. The first-order valence-corrected chi connectivity index (χ1v) is 12.9. The van der Waals surface area contributed by atoms with Crippen molar-refractivity contribution in [1.29, 1.82) is 0 Å². The number of aryl methyl sites for hydroxylation is 6. The number of hydrogen-bond acceptors (Lipinski definition) is 3. The molecular weight excluding hydrogens is 444 g/mol. The van der Waals surface area contributed by atoms with E-state index < -0.39 is 5.60 Å². The highest BCUT2D eigenvalue weighted by atomic mass is 16.5. The van der Waals surface area contributed by atoms with E-state index in [4.69, 9.17) is 9.47 Å². The second-order valence-corrected chi connectivity index (χ2v) is 11.7. The van der Waals surface area contributed by atoms with Crippen molar-refractivity contribution in [3.8, 4) is 17.2 Å². The Bertz CT molecular complexity index is 1210. The van der Waals surface area contributed by atoms with Gasteiger partial charge in [-0.05, 0) is 131 Å². The van der Waals surface area contributed by atoms with Gasteiger partial charge in [0.2, 0.25) is 0 Å². The molecule has 0 aromatic heterocycles. The fraction of sp³-hybridized carbons (Fsp3) is 0.455. The molecule has 3 heteroatoms. The van der Waals surface area contributed by atoms with Crippen molar-refractivity contribution < 1.29 is 14.6 Å². The zero-order chi connectivity index (χ0) is 27.2. The summed E-state index contributed by atoms with van der Waals surface area (Å²) < 4.78 is 12.7. The molecule has 0 aliphatic carbocycles. The van der Waals surface area contributed by atoms with Crippen molar-refractivity contribution in [3.05, 3.63) is 86.5 Å². The summed E-state index contributed by atoms with van der Waals surface area (Å²) >= 11 is 0. The van der Waals surface area contributed by atoms with Crippen LogP contribution in [0.25, 0.3) is 0 Å². The number of phenols is 1. The van der Waals surface area contributed by atoms with Crippen LogP contribution < -0.4 is 9.47 Å². The summed E-state index contributed by atoms with van der Waals surface area (Å²) in [5.41, 5.74) is 9.16. The Morgan fingerprint density at radius 3 is 1.33 bits per heavy atom. The maximum Gasteiger partial charge on any atom is 0.128 e. The van der Waals surface area contributed by atoms with Gasteiger partial charge in [-0.1, -0.05) is 38.1 Å². The molecule has 0 fully saturated rings. The lowest BCUT2D eigenvalue weighted by molar-refractivity contribution is 0.106. The molecule has 194 valence electrons. The predicted molar refractivity (Wildman–Crippen MR) is 151 cm³/mol. The van der Waals surface area contributed by atoms with Crippen LogP contribution in [0.1, 0.15) is 91.6 Å². The topological polar surface area (TPSA) is 38.7 Å². The van der Waals surface area contributed by atoms with E-state index in [1.54, 1.807) is 0 Å². The fourth-order valence-electron chi connectivity index (χ4n) is 4.99. The second-order valence-electron chi connectivity index (χ2n) is 11.7. The van der Waals surface area contributed by atoms with E-state index in [1.807, 2.05) is 26.0 Å². The third kappa shape index (κ3) is 5.40. The van der Waals surface area contributed by atoms with Crippen LogP contribution in [0.2, 0.25) is 0 Å². The van der Waals surface area contributed by atoms with Gasteiger partial charge in [-0.25, -0.2) is 0 Å². The molecule has 0 saturated heterocycles. The van der Waals surface area contributed by atoms with Crippen LogP contribution in [0.15, 0.2) is 36.4 Å². The highest BCUT2D eigenvalue weighted by molar-refractivity contribution is 5.52. The third-order valence-electron chi connectivity index (χ3n) is 7.26. The van der Waals surface area contributed by atoms with E-state index >= 15 is 0 Å². The molecule has 0 spiro atoms. The van der Waals surface area contributed by atoms with Gasteiger partial charge in [0.1, 0.15) is 22.8 Å². The molecule has 0 saturated carbocycles. The average Bonchev–Trinajstić information content (AvgIpc) is 2.76. The third-order valence-corrected chi connectivity index (χ3v) is 7.26. The highest BCUT2D eigenvalue weighted by Gasteiger charge is 2.29. The van der Waals surface area contributed by atoms with Crippen molar-refractivity contribution in [1.82, 2.24) is 0 Å². The standard InChI is InChI=1S/C33H44O3/c1-19(2)35-30-22(5)15-26(16-23(30)6)32(9,10)27-17-24(7)31(25(8)18-27)36-33(11,12)28-13-20(3)29(34)21(4)14-28/h13-19,34H,1-12H3. The highest BCUT2D eigenvalue weighted by Crippen LogP contribution is 2.40. The Kier molecular flexibility index (Phi) is 7.56. The van der Waals surface area contributed by atoms with Gasteiger partial charge < -0.3 is 14.6 Å². The van der Waals surface area contributed by atoms with Crippen molar-refractivity contribution in [2.75, 3.05) is 0 Å². The minimum absolute atomic E-state index is 0.151. The zero-order valence-electron chi connectivity index (χ0n) is 24.3. The molecule has 3 rings (SSSR count). The average molecular weight is 489 g/mol. The summed E-state index contributed by atoms with van der Waals surface area (Å²) in [6, 6.07) is 13.1. The van der Waals surface area contributed by atoms with Crippen LogP contribution in [0.4, 0.5) is 0 Å². The molecule has 0 amide bonds. The van der Waals surface area contributed by atoms with Crippen LogP contribution in [0, 0.1) is 41.5 Å². The van der Waals surface area contributed by atoms with Crippen LogP contribution in [0.3, 0.4) is 0 Å². The number of rotatable bonds is 7. The van der Waals surface area contributed by atoms with Gasteiger partial charge in [0.05, 0.1) is 6.10 Å². The number of benzene rings is 3. The normalized spacial score (nSPS) is 12.2. The van der Waals surface area contributed by atoms with Crippen LogP contribution in [-0.4, -0.2) is 11.2 Å². The Morgan fingerprint density at radius 2 is 0.944 bits per heavy atom. The van der Waals surface area contributed by atoms with E-state index in [0.29, 0.717) is 5.75 Å². The summed E-state index contributed by atoms with van der Waals surface area (Å²) in [6.45, 7) is 25.2. The van der Waals surface area contributed by atoms with E-state index in [2.05, 4.69) is 93.5 Å². The Balaban J connectivity index is 1.99. The largest absolute Gasteiger partial charge is 0.507 e. The van der Waals surface area contributed by atoms with Crippen molar-refractivity contribution in [2.45, 2.75) is 100 Å². The molecule has 3 nitrogen and oxygen atoms in total. The van der Waals surface area contributed by atoms with Gasteiger partial charge in [-0.15, -0.1) is 0 Å². The molecule has 0 atom stereocenters. The lowest BCUT2D eigenvalue weighted by Crippen LogP contribution is -2.27. The van der Waals surface area contributed by atoms with E-state index in [1.165, 1.54) is 22.3 Å². The minimum Gasteiger partial charge on any atom is -0.507 e. The number of aromatic hydroxyl groups is 1. The minimum atomic E-state index is -0.545. The molecule has 3 aromatic rings. The summed E-state index contributed by atoms with van der Waals surface area (Å²) in [5.74, 6) is 2.25. The predicted octanol–water partition coefficient (Wildman–Crippen LogP) is 8.67. The summed E-state index contributed by atoms with van der Waals surface area (Å²) in [4.78, 5) is 0. The molecule has 0 unspecified atom stereocenters. The van der Waals surface area contributed by atoms with Gasteiger partial charge in [-0.2, -0.15) is 0 Å². The first-order valence-electron chi connectivity index (χ1n) is 12.9. The molecule has 36 heavy (non-hydrogen) atoms. The van der Waals surface area contributed by atoms with E-state index in [-0.39, 0.29) is 11.5 Å². The van der Waals surface area contributed by atoms with Gasteiger partial charge in [0.15, 0.2) is 0 Å². The Morgan fingerprint density at radius 1 is 0.583 bits per heavy atom. The molecule has 0 bridgehead atoms. The van der Waals surface area contributed by atoms with Crippen LogP contribution in [0.5, 0.6) is 17.2 Å². The molecule has 0 aliphatic rings. The smallest absolute Gasteiger partial charge is 0.128 e. The second kappa shape index (κ2) is 9.84. The van der Waals surface area contributed by atoms with Crippen molar-refractivity contribution in [2.24, 2.45) is 0 Å². The summed E-state index contributed by atoms with van der Waals surface area (Å²) in [6.07, 6.45) is 0.151. The quantitative estimate of drug-likeness (QED) is 0.361. The maximum absolute atomic E-state index is 10.2. The van der Waals surface area contributed by atoms with Crippen LogP contribution in [-0.2, 0) is 11.0 Å². The molecule has 1 N–H and O–H groups in total. The van der Waals surface area contributed by atoms with Gasteiger partial charge >= 0.3 is 0 Å². The Labute approximate surface area is 218 Å². The molecule has 0 heterocycles. The first kappa shape index (κ1) is 27.6. The van der Waals surface area contributed by atoms with E-state index in [0.717, 1.165) is 39.3 Å².